The fourth-order valence-electron chi connectivity index (χ4n) is 1.68. The van der Waals surface area contributed by atoms with Crippen LogP contribution in [0, 0.1) is 0 Å². The Bertz CT molecular complexity index is 302. The Labute approximate surface area is 100 Å². The van der Waals surface area contributed by atoms with Gasteiger partial charge in [-0.2, -0.15) is 0 Å². The summed E-state index contributed by atoms with van der Waals surface area (Å²) < 4.78 is 4.82. The summed E-state index contributed by atoms with van der Waals surface area (Å²) in [7, 11) is 0. The number of esters is 1. The second-order valence-corrected chi connectivity index (χ2v) is 3.79. The summed E-state index contributed by atoms with van der Waals surface area (Å²) in [5.41, 5.74) is 0.718. The molecular formula is C11H16ClNO3. The number of likely N-dealkylation sites (tertiary alicyclic amines) is 1. The number of ether oxygens (including phenoxy) is 1. The third kappa shape index (κ3) is 3.52. The van der Waals surface area contributed by atoms with Crippen molar-refractivity contribution in [2.75, 3.05) is 19.0 Å². The summed E-state index contributed by atoms with van der Waals surface area (Å²) in [5, 5.41) is 0. The van der Waals surface area contributed by atoms with Gasteiger partial charge >= 0.3 is 5.97 Å². The van der Waals surface area contributed by atoms with Gasteiger partial charge in [0.15, 0.2) is 0 Å². The van der Waals surface area contributed by atoms with E-state index in [-0.39, 0.29) is 11.8 Å². The van der Waals surface area contributed by atoms with Gasteiger partial charge in [0.2, 0.25) is 5.91 Å². The predicted molar refractivity (Wildman–Crippen MR) is 61.0 cm³/mol. The van der Waals surface area contributed by atoms with E-state index in [1.54, 1.807) is 11.8 Å². The summed E-state index contributed by atoms with van der Waals surface area (Å²) >= 11 is 5.51. The van der Waals surface area contributed by atoms with Crippen LogP contribution in [0.3, 0.4) is 0 Å². The van der Waals surface area contributed by atoms with E-state index >= 15 is 0 Å². The van der Waals surface area contributed by atoms with Gasteiger partial charge in [0.25, 0.3) is 0 Å². The number of hydrogen-bond acceptors (Lipinski definition) is 3. The minimum atomic E-state index is -0.397. The van der Waals surface area contributed by atoms with Gasteiger partial charge in [-0.25, -0.2) is 4.79 Å². The van der Waals surface area contributed by atoms with Crippen molar-refractivity contribution in [2.45, 2.75) is 26.2 Å². The number of piperidine rings is 1. The van der Waals surface area contributed by atoms with Crippen LogP contribution >= 0.6 is 11.6 Å². The number of carbonyl (C=O) groups excluding carboxylic acids is 2. The highest BCUT2D eigenvalue weighted by atomic mass is 35.5. The van der Waals surface area contributed by atoms with Crippen LogP contribution in [0.4, 0.5) is 0 Å². The molecule has 0 aromatic carbocycles. The molecule has 0 aliphatic carbocycles. The molecule has 0 unspecified atom stereocenters. The normalized spacial score (nSPS) is 18.6. The molecule has 0 aromatic heterocycles. The Morgan fingerprint density at radius 1 is 1.50 bits per heavy atom. The number of nitrogens with zero attached hydrogens (tertiary/aromatic N) is 1. The molecule has 0 atom stereocenters. The number of hydrogen-bond donors (Lipinski definition) is 0. The summed E-state index contributed by atoms with van der Waals surface area (Å²) in [6.07, 6.45) is 4.05. The summed E-state index contributed by atoms with van der Waals surface area (Å²) in [6.45, 7) is 2.72. The summed E-state index contributed by atoms with van der Waals surface area (Å²) in [6, 6.07) is 0. The number of amides is 1. The molecule has 4 nitrogen and oxygen atoms in total. The van der Waals surface area contributed by atoms with E-state index in [1.165, 1.54) is 6.08 Å². The summed E-state index contributed by atoms with van der Waals surface area (Å²) in [5.74, 6) is -0.608. The van der Waals surface area contributed by atoms with Gasteiger partial charge in [-0.05, 0) is 26.2 Å². The first kappa shape index (κ1) is 13.0. The van der Waals surface area contributed by atoms with Gasteiger partial charge in [-0.1, -0.05) is 0 Å². The average molecular weight is 246 g/mol. The van der Waals surface area contributed by atoms with E-state index in [1.807, 2.05) is 0 Å². The van der Waals surface area contributed by atoms with Gasteiger partial charge in [-0.15, -0.1) is 11.6 Å². The van der Waals surface area contributed by atoms with Crippen molar-refractivity contribution in [1.29, 1.82) is 0 Å². The number of allylic oxidation sites excluding steroid dienone is 1. The Morgan fingerprint density at radius 3 is 2.88 bits per heavy atom. The predicted octanol–water partition coefficient (Wildman–Crippen LogP) is 1.68. The number of carbonyl (C=O) groups is 2. The molecule has 0 N–H and O–H groups in total. The largest absolute Gasteiger partial charge is 0.463 e. The molecular weight excluding hydrogens is 230 g/mol. The van der Waals surface area contributed by atoms with Crippen molar-refractivity contribution in [3.8, 4) is 0 Å². The number of rotatable bonds is 3. The molecule has 90 valence electrons. The fraction of sp³-hybridized carbons (Fsp3) is 0.636. The Kier molecular flexibility index (Phi) is 5.32. The van der Waals surface area contributed by atoms with Crippen LogP contribution in [0.1, 0.15) is 26.2 Å². The molecule has 1 aliphatic rings. The SMILES string of the molecule is CCOC(=O)/C=C1\CCCCN1C(=O)CCl. The molecule has 5 heteroatoms. The third-order valence-electron chi connectivity index (χ3n) is 2.40. The molecule has 1 aliphatic heterocycles. The minimum absolute atomic E-state index is 0.0554. The van der Waals surface area contributed by atoms with Crippen molar-refractivity contribution in [1.82, 2.24) is 4.90 Å². The molecule has 0 bridgehead atoms. The third-order valence-corrected chi connectivity index (χ3v) is 2.63. The van der Waals surface area contributed by atoms with Crippen molar-refractivity contribution >= 4 is 23.5 Å². The molecule has 16 heavy (non-hydrogen) atoms. The zero-order valence-electron chi connectivity index (χ0n) is 9.37. The standard InChI is InChI=1S/C11H16ClNO3/c1-2-16-11(15)7-9-5-3-4-6-13(9)10(14)8-12/h7H,2-6,8H2,1H3/b9-7+. The lowest BCUT2D eigenvalue weighted by Crippen LogP contribution is -2.35. The molecule has 1 rings (SSSR count). The lowest BCUT2D eigenvalue weighted by atomic mass is 10.1. The highest BCUT2D eigenvalue weighted by molar-refractivity contribution is 6.27. The van der Waals surface area contributed by atoms with E-state index in [0.717, 1.165) is 25.0 Å². The average Bonchev–Trinajstić information content (AvgIpc) is 2.29. The second kappa shape index (κ2) is 6.53. The van der Waals surface area contributed by atoms with Gasteiger partial charge < -0.3 is 9.64 Å². The quantitative estimate of drug-likeness (QED) is 0.432. The van der Waals surface area contributed by atoms with Crippen LogP contribution in [0.2, 0.25) is 0 Å². The van der Waals surface area contributed by atoms with Gasteiger partial charge in [0.05, 0.1) is 6.61 Å². The van der Waals surface area contributed by atoms with Crippen molar-refractivity contribution in [3.63, 3.8) is 0 Å². The Hall–Kier alpha value is -1.03. The van der Waals surface area contributed by atoms with Crippen LogP contribution in [-0.4, -0.2) is 35.8 Å². The maximum absolute atomic E-state index is 11.5. The number of alkyl halides is 1. The van der Waals surface area contributed by atoms with Crippen molar-refractivity contribution < 1.29 is 14.3 Å². The summed E-state index contributed by atoms with van der Waals surface area (Å²) in [4.78, 5) is 24.4. The fourth-order valence-corrected chi connectivity index (χ4v) is 1.83. The molecule has 1 saturated heterocycles. The zero-order valence-corrected chi connectivity index (χ0v) is 10.1. The monoisotopic (exact) mass is 245 g/mol. The second-order valence-electron chi connectivity index (χ2n) is 3.52. The highest BCUT2D eigenvalue weighted by Gasteiger charge is 2.21. The molecule has 0 radical (unpaired) electrons. The van der Waals surface area contributed by atoms with E-state index < -0.39 is 5.97 Å². The first-order valence-electron chi connectivity index (χ1n) is 5.42. The van der Waals surface area contributed by atoms with E-state index in [4.69, 9.17) is 16.3 Å². The molecule has 0 saturated carbocycles. The zero-order chi connectivity index (χ0) is 12.0. The van der Waals surface area contributed by atoms with Crippen LogP contribution in [0.5, 0.6) is 0 Å². The Morgan fingerprint density at radius 2 is 2.25 bits per heavy atom. The van der Waals surface area contributed by atoms with Crippen molar-refractivity contribution in [2.24, 2.45) is 0 Å². The van der Waals surface area contributed by atoms with E-state index in [0.29, 0.717) is 13.2 Å². The molecule has 1 amide bonds. The molecule has 1 heterocycles. The maximum atomic E-state index is 11.5. The molecule has 1 fully saturated rings. The minimum Gasteiger partial charge on any atom is -0.463 e. The van der Waals surface area contributed by atoms with Crippen LogP contribution < -0.4 is 0 Å². The molecule has 0 spiro atoms. The van der Waals surface area contributed by atoms with Crippen LogP contribution in [-0.2, 0) is 14.3 Å². The van der Waals surface area contributed by atoms with E-state index in [2.05, 4.69) is 0 Å². The lowest BCUT2D eigenvalue weighted by Gasteiger charge is -2.29. The number of halogens is 1. The molecule has 0 aromatic rings. The van der Waals surface area contributed by atoms with Crippen LogP contribution in [0.25, 0.3) is 0 Å². The first-order chi connectivity index (χ1) is 7.69. The first-order valence-corrected chi connectivity index (χ1v) is 5.96. The van der Waals surface area contributed by atoms with Gasteiger partial charge in [0.1, 0.15) is 5.88 Å². The maximum Gasteiger partial charge on any atom is 0.332 e. The smallest absolute Gasteiger partial charge is 0.332 e. The Balaban J connectivity index is 2.73. The highest BCUT2D eigenvalue weighted by Crippen LogP contribution is 2.20. The van der Waals surface area contributed by atoms with Gasteiger partial charge in [-0.3, -0.25) is 4.79 Å². The van der Waals surface area contributed by atoms with Crippen LogP contribution in [0.15, 0.2) is 11.8 Å². The van der Waals surface area contributed by atoms with E-state index in [9.17, 15) is 9.59 Å². The lowest BCUT2D eigenvalue weighted by molar-refractivity contribution is -0.137. The topological polar surface area (TPSA) is 46.6 Å². The van der Waals surface area contributed by atoms with Gasteiger partial charge in [0, 0.05) is 18.3 Å². The van der Waals surface area contributed by atoms with Crippen molar-refractivity contribution in [3.05, 3.63) is 11.8 Å².